The van der Waals surface area contributed by atoms with Gasteiger partial charge in [0, 0.05) is 38.2 Å². The molecule has 1 unspecified atom stereocenters. The Labute approximate surface area is 106 Å². The van der Waals surface area contributed by atoms with Crippen LogP contribution in [0.15, 0.2) is 12.2 Å². The summed E-state index contributed by atoms with van der Waals surface area (Å²) in [7, 11) is 0. The molecular weight excluding hydrogens is 232 g/mol. The molecule has 2 aliphatic rings. The van der Waals surface area contributed by atoms with Gasteiger partial charge in [0.25, 0.3) is 11.8 Å². The molecule has 2 aliphatic heterocycles. The first-order chi connectivity index (χ1) is 8.58. The highest BCUT2D eigenvalue weighted by Gasteiger charge is 2.25. The van der Waals surface area contributed by atoms with E-state index in [4.69, 9.17) is 0 Å². The minimum atomic E-state index is -0.276. The van der Waals surface area contributed by atoms with Crippen LogP contribution >= 0.6 is 0 Å². The van der Waals surface area contributed by atoms with Crippen molar-refractivity contribution in [2.24, 2.45) is 5.92 Å². The smallest absolute Gasteiger partial charge is 0.253 e. The molecule has 18 heavy (non-hydrogen) atoms. The molecule has 3 amide bonds. The van der Waals surface area contributed by atoms with Gasteiger partial charge in [0.15, 0.2) is 0 Å². The van der Waals surface area contributed by atoms with Crippen LogP contribution in [0.25, 0.3) is 0 Å². The largest absolute Gasteiger partial charge is 0.342 e. The van der Waals surface area contributed by atoms with Crippen molar-refractivity contribution in [3.8, 4) is 0 Å². The molecule has 2 heterocycles. The Kier molecular flexibility index (Phi) is 3.79. The number of imide groups is 1. The average Bonchev–Trinajstić information content (AvgIpc) is 2.89. The highest BCUT2D eigenvalue weighted by molar-refractivity contribution is 6.12. The maximum Gasteiger partial charge on any atom is 0.253 e. The van der Waals surface area contributed by atoms with Gasteiger partial charge < -0.3 is 4.90 Å². The van der Waals surface area contributed by atoms with Crippen LogP contribution in [-0.4, -0.2) is 47.2 Å². The van der Waals surface area contributed by atoms with Crippen LogP contribution in [0.2, 0.25) is 0 Å². The Morgan fingerprint density at radius 2 is 2.00 bits per heavy atom. The summed E-state index contributed by atoms with van der Waals surface area (Å²) >= 11 is 0. The number of carbonyl (C=O) groups is 3. The van der Waals surface area contributed by atoms with Crippen LogP contribution in [0.5, 0.6) is 0 Å². The van der Waals surface area contributed by atoms with Gasteiger partial charge in [-0.1, -0.05) is 6.92 Å². The zero-order chi connectivity index (χ0) is 13.1. The summed E-state index contributed by atoms with van der Waals surface area (Å²) in [6.45, 7) is 4.14. The van der Waals surface area contributed by atoms with Gasteiger partial charge in [-0.2, -0.15) is 0 Å². The monoisotopic (exact) mass is 250 g/mol. The van der Waals surface area contributed by atoms with Crippen LogP contribution in [0.1, 0.15) is 26.2 Å². The third-order valence-corrected chi connectivity index (χ3v) is 3.45. The second-order valence-electron chi connectivity index (χ2n) is 5.00. The number of nitrogens with zero attached hydrogens (tertiary/aromatic N) is 2. The van der Waals surface area contributed by atoms with Crippen LogP contribution in [0.4, 0.5) is 0 Å². The molecule has 0 radical (unpaired) electrons. The molecule has 0 aliphatic carbocycles. The fraction of sp³-hybridized carbons (Fsp3) is 0.615. The van der Waals surface area contributed by atoms with E-state index < -0.39 is 0 Å². The van der Waals surface area contributed by atoms with Crippen LogP contribution < -0.4 is 0 Å². The third-order valence-electron chi connectivity index (χ3n) is 3.45. The summed E-state index contributed by atoms with van der Waals surface area (Å²) in [5.41, 5.74) is 0. The van der Waals surface area contributed by atoms with Gasteiger partial charge in [0.2, 0.25) is 5.91 Å². The molecule has 5 heteroatoms. The van der Waals surface area contributed by atoms with Crippen LogP contribution in [0, 0.1) is 5.92 Å². The second-order valence-corrected chi connectivity index (χ2v) is 5.00. The first-order valence-electron chi connectivity index (χ1n) is 6.39. The lowest BCUT2D eigenvalue weighted by Crippen LogP contribution is -2.33. The van der Waals surface area contributed by atoms with Gasteiger partial charge in [0.1, 0.15) is 0 Å². The summed E-state index contributed by atoms with van der Waals surface area (Å²) in [5, 5.41) is 0. The molecule has 2 rings (SSSR count). The number of likely N-dealkylation sites (tertiary alicyclic amines) is 1. The summed E-state index contributed by atoms with van der Waals surface area (Å²) < 4.78 is 0. The topological polar surface area (TPSA) is 57.7 Å². The van der Waals surface area contributed by atoms with E-state index in [1.165, 1.54) is 17.1 Å². The highest BCUT2D eigenvalue weighted by atomic mass is 16.2. The third kappa shape index (κ3) is 2.78. The lowest BCUT2D eigenvalue weighted by Gasteiger charge is -2.17. The molecule has 5 nitrogen and oxygen atoms in total. The molecule has 1 saturated heterocycles. The van der Waals surface area contributed by atoms with Crippen molar-refractivity contribution in [2.75, 3.05) is 19.6 Å². The fourth-order valence-corrected chi connectivity index (χ4v) is 2.36. The molecular formula is C13H18N2O3. The van der Waals surface area contributed by atoms with E-state index in [1.54, 1.807) is 0 Å². The van der Waals surface area contributed by atoms with E-state index in [9.17, 15) is 14.4 Å². The second kappa shape index (κ2) is 5.33. The predicted molar refractivity (Wildman–Crippen MR) is 65.5 cm³/mol. The average molecular weight is 250 g/mol. The number of carbonyl (C=O) groups excluding carboxylic acids is 3. The first kappa shape index (κ1) is 12.8. The number of rotatable bonds is 4. The fourth-order valence-electron chi connectivity index (χ4n) is 2.36. The normalized spacial score (nSPS) is 23.3. The quantitative estimate of drug-likeness (QED) is 0.685. The van der Waals surface area contributed by atoms with Crippen molar-refractivity contribution in [1.82, 2.24) is 9.80 Å². The van der Waals surface area contributed by atoms with Crippen molar-refractivity contribution in [2.45, 2.75) is 26.2 Å². The first-order valence-corrected chi connectivity index (χ1v) is 6.39. The van der Waals surface area contributed by atoms with Crippen molar-refractivity contribution in [3.63, 3.8) is 0 Å². The van der Waals surface area contributed by atoms with E-state index in [0.717, 1.165) is 19.5 Å². The molecule has 0 N–H and O–H groups in total. The molecule has 0 bridgehead atoms. The van der Waals surface area contributed by atoms with Crippen LogP contribution in [-0.2, 0) is 14.4 Å². The Bertz CT molecular complexity index is 385. The minimum Gasteiger partial charge on any atom is -0.342 e. The molecule has 0 aromatic rings. The Balaban J connectivity index is 1.71. The maximum absolute atomic E-state index is 11.8. The molecule has 1 fully saturated rings. The molecule has 0 spiro atoms. The van der Waals surface area contributed by atoms with E-state index in [-0.39, 0.29) is 17.7 Å². The van der Waals surface area contributed by atoms with Crippen LogP contribution in [0.3, 0.4) is 0 Å². The molecule has 1 atom stereocenters. The SMILES string of the molecule is CC1CCN(C(=O)CCCN2C(=O)C=CC2=O)C1. The number of hydrogen-bond donors (Lipinski definition) is 0. The van der Waals surface area contributed by atoms with Gasteiger partial charge in [-0.25, -0.2) is 0 Å². The molecule has 0 aromatic heterocycles. The van der Waals surface area contributed by atoms with E-state index in [0.29, 0.717) is 25.3 Å². The molecule has 0 saturated carbocycles. The van der Waals surface area contributed by atoms with Gasteiger partial charge in [-0.15, -0.1) is 0 Å². The van der Waals surface area contributed by atoms with Crippen molar-refractivity contribution in [1.29, 1.82) is 0 Å². The van der Waals surface area contributed by atoms with Gasteiger partial charge in [-0.05, 0) is 18.8 Å². The van der Waals surface area contributed by atoms with Gasteiger partial charge in [-0.3, -0.25) is 19.3 Å². The van der Waals surface area contributed by atoms with E-state index in [1.807, 2.05) is 4.90 Å². The number of amides is 3. The lowest BCUT2D eigenvalue weighted by atomic mass is 10.2. The standard InChI is InChI=1S/C13H18N2O3/c1-10-6-8-14(9-10)11(16)3-2-7-15-12(17)4-5-13(15)18/h4-5,10H,2-3,6-9H2,1H3. The molecule has 98 valence electrons. The zero-order valence-corrected chi connectivity index (χ0v) is 10.6. The zero-order valence-electron chi connectivity index (χ0n) is 10.6. The number of hydrogen-bond acceptors (Lipinski definition) is 3. The lowest BCUT2D eigenvalue weighted by molar-refractivity contribution is -0.138. The van der Waals surface area contributed by atoms with Gasteiger partial charge >= 0.3 is 0 Å². The Morgan fingerprint density at radius 1 is 1.33 bits per heavy atom. The summed E-state index contributed by atoms with van der Waals surface area (Å²) in [6.07, 6.45) is 4.56. The maximum atomic E-state index is 11.8. The van der Waals surface area contributed by atoms with E-state index >= 15 is 0 Å². The Hall–Kier alpha value is -1.65. The summed E-state index contributed by atoms with van der Waals surface area (Å²) in [6, 6.07) is 0. The van der Waals surface area contributed by atoms with Gasteiger partial charge in [0.05, 0.1) is 0 Å². The Morgan fingerprint density at radius 3 is 2.56 bits per heavy atom. The highest BCUT2D eigenvalue weighted by Crippen LogP contribution is 2.16. The predicted octanol–water partition coefficient (Wildman–Crippen LogP) is 0.560. The molecule has 0 aromatic carbocycles. The minimum absolute atomic E-state index is 0.131. The van der Waals surface area contributed by atoms with Crippen molar-refractivity contribution < 1.29 is 14.4 Å². The summed E-state index contributed by atoms with van der Waals surface area (Å²) in [4.78, 5) is 37.5. The van der Waals surface area contributed by atoms with E-state index in [2.05, 4.69) is 6.92 Å². The van der Waals surface area contributed by atoms with Crippen molar-refractivity contribution in [3.05, 3.63) is 12.2 Å². The van der Waals surface area contributed by atoms with Crippen molar-refractivity contribution >= 4 is 17.7 Å². The summed E-state index contributed by atoms with van der Waals surface area (Å²) in [5.74, 6) is 0.163.